The van der Waals surface area contributed by atoms with E-state index in [0.29, 0.717) is 6.04 Å². The molecule has 1 aromatic carbocycles. The fourth-order valence-corrected chi connectivity index (χ4v) is 3.14. The van der Waals surface area contributed by atoms with Crippen LogP contribution >= 0.6 is 15.9 Å². The van der Waals surface area contributed by atoms with Gasteiger partial charge in [0.05, 0.1) is 0 Å². The normalized spacial score (nSPS) is 21.1. The second-order valence-electron chi connectivity index (χ2n) is 5.02. The zero-order chi connectivity index (χ0) is 13.3. The van der Waals surface area contributed by atoms with Gasteiger partial charge in [-0.1, -0.05) is 0 Å². The zero-order valence-corrected chi connectivity index (χ0v) is 12.7. The molecule has 1 unspecified atom stereocenters. The number of likely N-dealkylation sites (N-methyl/N-ethyl adjacent to an activating group) is 1. The Morgan fingerprint density at radius 1 is 1.39 bits per heavy atom. The fraction of sp³-hybridized carbons (Fsp3) is 0.500. The number of nitrogens with zero attached hydrogens (tertiary/aromatic N) is 2. The highest BCUT2D eigenvalue weighted by atomic mass is 79.9. The first-order chi connectivity index (χ1) is 8.49. The van der Waals surface area contributed by atoms with Crippen LogP contribution in [0.15, 0.2) is 22.7 Å². The van der Waals surface area contributed by atoms with Gasteiger partial charge in [0.1, 0.15) is 0 Å². The summed E-state index contributed by atoms with van der Waals surface area (Å²) in [6.45, 7) is 7.02. The minimum absolute atomic E-state index is 0.0971. The molecule has 0 spiro atoms. The van der Waals surface area contributed by atoms with Gasteiger partial charge in [0.15, 0.2) is 5.78 Å². The van der Waals surface area contributed by atoms with Crippen molar-refractivity contribution in [3.63, 3.8) is 0 Å². The standard InChI is InChI=1S/C14H19BrN2O/c1-10-9-16(3)6-7-17(10)12-4-5-13(11(2)18)14(15)8-12/h4-5,8,10H,6-7,9H2,1-3H3. The van der Waals surface area contributed by atoms with Crippen LogP contribution in [0.25, 0.3) is 0 Å². The quantitative estimate of drug-likeness (QED) is 0.785. The molecule has 1 heterocycles. The third kappa shape index (κ3) is 2.75. The number of benzene rings is 1. The molecule has 98 valence electrons. The summed E-state index contributed by atoms with van der Waals surface area (Å²) in [6.07, 6.45) is 0. The van der Waals surface area contributed by atoms with Crippen LogP contribution in [0.2, 0.25) is 0 Å². The van der Waals surface area contributed by atoms with Crippen LogP contribution in [0.5, 0.6) is 0 Å². The molecule has 18 heavy (non-hydrogen) atoms. The van der Waals surface area contributed by atoms with Crippen LogP contribution in [0.3, 0.4) is 0 Å². The average molecular weight is 311 g/mol. The molecule has 1 aromatic rings. The predicted octanol–water partition coefficient (Wildman–Crippen LogP) is 2.79. The van der Waals surface area contributed by atoms with Crippen LogP contribution in [-0.4, -0.2) is 43.4 Å². The van der Waals surface area contributed by atoms with Gasteiger partial charge in [-0.05, 0) is 55.0 Å². The van der Waals surface area contributed by atoms with E-state index in [9.17, 15) is 4.79 Å². The van der Waals surface area contributed by atoms with Crippen LogP contribution in [0.4, 0.5) is 5.69 Å². The first-order valence-corrected chi connectivity index (χ1v) is 7.04. The molecule has 2 rings (SSSR count). The van der Waals surface area contributed by atoms with Gasteiger partial charge in [0.25, 0.3) is 0 Å². The van der Waals surface area contributed by atoms with Gasteiger partial charge in [-0.15, -0.1) is 0 Å². The third-order valence-electron chi connectivity index (χ3n) is 3.49. The van der Waals surface area contributed by atoms with Gasteiger partial charge >= 0.3 is 0 Å². The van der Waals surface area contributed by atoms with E-state index in [1.807, 2.05) is 12.1 Å². The van der Waals surface area contributed by atoms with Crippen molar-refractivity contribution in [2.24, 2.45) is 0 Å². The lowest BCUT2D eigenvalue weighted by Gasteiger charge is -2.40. The number of piperazine rings is 1. The number of Topliss-reactive ketones (excluding diaryl/α,β-unsaturated/α-hetero) is 1. The second-order valence-corrected chi connectivity index (χ2v) is 5.88. The fourth-order valence-electron chi connectivity index (χ4n) is 2.49. The second kappa shape index (κ2) is 5.41. The van der Waals surface area contributed by atoms with Crippen molar-refractivity contribution in [1.29, 1.82) is 0 Å². The zero-order valence-electron chi connectivity index (χ0n) is 11.1. The van der Waals surface area contributed by atoms with E-state index < -0.39 is 0 Å². The summed E-state index contributed by atoms with van der Waals surface area (Å²) in [5.74, 6) is 0.0971. The SMILES string of the molecule is CC(=O)c1ccc(N2CCN(C)CC2C)cc1Br. The lowest BCUT2D eigenvalue weighted by Crippen LogP contribution is -2.50. The van der Waals surface area contributed by atoms with Gasteiger partial charge in [-0.25, -0.2) is 0 Å². The van der Waals surface area contributed by atoms with Gasteiger partial charge in [-0.3, -0.25) is 4.79 Å². The molecule has 0 bridgehead atoms. The van der Waals surface area contributed by atoms with Crippen LogP contribution < -0.4 is 4.90 Å². The van der Waals surface area contributed by atoms with Gasteiger partial charge < -0.3 is 9.80 Å². The number of rotatable bonds is 2. The molecule has 3 nitrogen and oxygen atoms in total. The summed E-state index contributed by atoms with van der Waals surface area (Å²) in [5, 5.41) is 0. The third-order valence-corrected chi connectivity index (χ3v) is 4.15. The van der Waals surface area contributed by atoms with E-state index in [0.717, 1.165) is 29.7 Å². The largest absolute Gasteiger partial charge is 0.366 e. The van der Waals surface area contributed by atoms with Crippen molar-refractivity contribution in [3.05, 3.63) is 28.2 Å². The van der Waals surface area contributed by atoms with Crippen LogP contribution in [0.1, 0.15) is 24.2 Å². The summed E-state index contributed by atoms with van der Waals surface area (Å²) >= 11 is 3.49. The summed E-state index contributed by atoms with van der Waals surface area (Å²) in [4.78, 5) is 16.2. The summed E-state index contributed by atoms with van der Waals surface area (Å²) in [5.41, 5.74) is 1.94. The molecular formula is C14H19BrN2O. The van der Waals surface area contributed by atoms with Gasteiger partial charge in [-0.2, -0.15) is 0 Å². The van der Waals surface area contributed by atoms with E-state index in [-0.39, 0.29) is 5.78 Å². The van der Waals surface area contributed by atoms with Crippen molar-refractivity contribution < 1.29 is 4.79 Å². The van der Waals surface area contributed by atoms with Gasteiger partial charge in [0.2, 0.25) is 0 Å². The van der Waals surface area contributed by atoms with Crippen LogP contribution in [0, 0.1) is 0 Å². The topological polar surface area (TPSA) is 23.6 Å². The Bertz CT molecular complexity index is 461. The monoisotopic (exact) mass is 310 g/mol. The Balaban J connectivity index is 2.24. The molecule has 1 atom stereocenters. The van der Waals surface area contributed by atoms with E-state index in [2.05, 4.69) is 45.8 Å². The number of carbonyl (C=O) groups is 1. The predicted molar refractivity (Wildman–Crippen MR) is 78.5 cm³/mol. The lowest BCUT2D eigenvalue weighted by atomic mass is 10.1. The maximum atomic E-state index is 11.4. The summed E-state index contributed by atoms with van der Waals surface area (Å²) in [6, 6.07) is 6.51. The van der Waals surface area contributed by atoms with Crippen molar-refractivity contribution >= 4 is 27.4 Å². The van der Waals surface area contributed by atoms with E-state index in [1.54, 1.807) is 6.92 Å². The molecule has 4 heteroatoms. The molecule has 0 aliphatic carbocycles. The van der Waals surface area contributed by atoms with E-state index in [1.165, 1.54) is 5.69 Å². The number of ketones is 1. The molecule has 0 aromatic heterocycles. The van der Waals surface area contributed by atoms with Crippen LogP contribution in [-0.2, 0) is 0 Å². The highest BCUT2D eigenvalue weighted by Gasteiger charge is 2.22. The smallest absolute Gasteiger partial charge is 0.160 e. The average Bonchev–Trinajstić information content (AvgIpc) is 2.28. The van der Waals surface area contributed by atoms with E-state index >= 15 is 0 Å². The molecule has 0 amide bonds. The van der Waals surface area contributed by atoms with Crippen molar-refractivity contribution in [2.75, 3.05) is 31.6 Å². The molecular weight excluding hydrogens is 292 g/mol. The van der Waals surface area contributed by atoms with E-state index in [4.69, 9.17) is 0 Å². The molecule has 0 N–H and O–H groups in total. The molecule has 1 fully saturated rings. The molecule has 1 saturated heterocycles. The summed E-state index contributed by atoms with van der Waals surface area (Å²) in [7, 11) is 2.16. The Kier molecular flexibility index (Phi) is 4.07. The highest BCUT2D eigenvalue weighted by Crippen LogP contribution is 2.27. The Morgan fingerprint density at radius 2 is 2.11 bits per heavy atom. The molecule has 1 aliphatic rings. The number of anilines is 1. The maximum absolute atomic E-state index is 11.4. The van der Waals surface area contributed by atoms with Crippen molar-refractivity contribution in [3.8, 4) is 0 Å². The Morgan fingerprint density at radius 3 is 2.67 bits per heavy atom. The lowest BCUT2D eigenvalue weighted by molar-refractivity contribution is 0.101. The van der Waals surface area contributed by atoms with Crippen molar-refractivity contribution in [1.82, 2.24) is 4.90 Å². The van der Waals surface area contributed by atoms with Crippen molar-refractivity contribution in [2.45, 2.75) is 19.9 Å². The summed E-state index contributed by atoms with van der Waals surface area (Å²) < 4.78 is 0.888. The highest BCUT2D eigenvalue weighted by molar-refractivity contribution is 9.10. The Hall–Kier alpha value is -0.870. The molecule has 0 saturated carbocycles. The number of carbonyl (C=O) groups excluding carboxylic acids is 1. The number of hydrogen-bond acceptors (Lipinski definition) is 3. The first-order valence-electron chi connectivity index (χ1n) is 6.24. The molecule has 1 aliphatic heterocycles. The molecule has 0 radical (unpaired) electrons. The maximum Gasteiger partial charge on any atom is 0.160 e. The number of hydrogen-bond donors (Lipinski definition) is 0. The minimum Gasteiger partial charge on any atom is -0.366 e. The number of halogens is 1. The first kappa shape index (κ1) is 13.6. The van der Waals surface area contributed by atoms with Gasteiger partial charge in [0, 0.05) is 41.4 Å². The Labute approximate surface area is 117 Å². The minimum atomic E-state index is 0.0971.